The quantitative estimate of drug-likeness (QED) is 0.298. The number of aliphatic carboxylic acids is 1. The lowest BCUT2D eigenvalue weighted by Crippen LogP contribution is -2.45. The monoisotopic (exact) mass is 584 g/mol. The second-order valence-electron chi connectivity index (χ2n) is 11.8. The molecule has 42 heavy (non-hydrogen) atoms. The SMILES string of the molecule is CCCCN(CCCCN(C)C)C(=O)CN1C[C@H](c2cc(OC)c3c(c2)OCO3)C(C(=O)O)[C@@H]1CCc1cccn1C. The van der Waals surface area contributed by atoms with E-state index in [2.05, 4.69) is 41.5 Å². The fourth-order valence-corrected chi connectivity index (χ4v) is 6.32. The number of ether oxygens (including phenoxy) is 3. The highest BCUT2D eigenvalue weighted by Gasteiger charge is 2.47. The van der Waals surface area contributed by atoms with Gasteiger partial charge in [-0.05, 0) is 82.6 Å². The molecule has 0 radical (unpaired) electrons. The molecule has 2 aliphatic heterocycles. The van der Waals surface area contributed by atoms with Crippen LogP contribution in [0.4, 0.5) is 0 Å². The molecule has 1 amide bonds. The summed E-state index contributed by atoms with van der Waals surface area (Å²) in [5, 5.41) is 10.6. The van der Waals surface area contributed by atoms with Gasteiger partial charge in [0.15, 0.2) is 11.5 Å². The van der Waals surface area contributed by atoms with E-state index in [-0.39, 0.29) is 31.2 Å². The molecule has 3 heterocycles. The van der Waals surface area contributed by atoms with E-state index in [0.29, 0.717) is 30.2 Å². The molecule has 2 aliphatic rings. The smallest absolute Gasteiger partial charge is 0.308 e. The van der Waals surface area contributed by atoms with Crippen LogP contribution in [0.15, 0.2) is 30.5 Å². The van der Waals surface area contributed by atoms with Gasteiger partial charge in [-0.3, -0.25) is 14.5 Å². The molecule has 2 aromatic rings. The van der Waals surface area contributed by atoms with Gasteiger partial charge < -0.3 is 33.7 Å². The molecule has 0 spiro atoms. The first-order valence-corrected chi connectivity index (χ1v) is 15.2. The first-order valence-electron chi connectivity index (χ1n) is 15.2. The number of amides is 1. The summed E-state index contributed by atoms with van der Waals surface area (Å²) < 4.78 is 18.9. The normalized spacial score (nSPS) is 19.9. The lowest BCUT2D eigenvalue weighted by molar-refractivity contribution is -0.143. The number of methoxy groups -OCH3 is 1. The van der Waals surface area contributed by atoms with Crippen molar-refractivity contribution in [3.63, 3.8) is 0 Å². The summed E-state index contributed by atoms with van der Waals surface area (Å²) >= 11 is 0. The van der Waals surface area contributed by atoms with Crippen LogP contribution < -0.4 is 14.2 Å². The molecule has 10 heteroatoms. The Kier molecular flexibility index (Phi) is 11.2. The second kappa shape index (κ2) is 14.8. The summed E-state index contributed by atoms with van der Waals surface area (Å²) in [5.74, 6) is -0.164. The summed E-state index contributed by atoms with van der Waals surface area (Å²) in [5.41, 5.74) is 1.97. The maximum absolute atomic E-state index is 13.8. The zero-order chi connectivity index (χ0) is 30.2. The van der Waals surface area contributed by atoms with Crippen LogP contribution in [0.1, 0.15) is 56.2 Å². The van der Waals surface area contributed by atoms with Crippen molar-refractivity contribution in [3.8, 4) is 17.2 Å². The first kappa shape index (κ1) is 31.7. The third kappa shape index (κ3) is 7.58. The van der Waals surface area contributed by atoms with E-state index >= 15 is 0 Å². The Labute approximate surface area is 250 Å². The van der Waals surface area contributed by atoms with E-state index in [1.807, 2.05) is 36.3 Å². The van der Waals surface area contributed by atoms with Crippen molar-refractivity contribution in [2.75, 3.05) is 60.7 Å². The van der Waals surface area contributed by atoms with Gasteiger partial charge in [0.2, 0.25) is 18.4 Å². The largest absolute Gasteiger partial charge is 0.493 e. The summed E-state index contributed by atoms with van der Waals surface area (Å²) in [6.07, 6.45) is 7.31. The van der Waals surface area contributed by atoms with E-state index in [4.69, 9.17) is 14.2 Å². The molecule has 1 unspecified atom stereocenters. The number of benzene rings is 1. The highest BCUT2D eigenvalue weighted by atomic mass is 16.7. The minimum Gasteiger partial charge on any atom is -0.493 e. The van der Waals surface area contributed by atoms with Crippen LogP contribution in [0, 0.1) is 5.92 Å². The van der Waals surface area contributed by atoms with Crippen LogP contribution in [-0.2, 0) is 23.1 Å². The van der Waals surface area contributed by atoms with Crippen LogP contribution >= 0.6 is 0 Å². The lowest BCUT2D eigenvalue weighted by atomic mass is 9.83. The topological polar surface area (TPSA) is 96.7 Å². The Hall–Kier alpha value is -3.24. The molecule has 232 valence electrons. The van der Waals surface area contributed by atoms with Crippen LogP contribution in [0.25, 0.3) is 0 Å². The molecule has 1 N–H and O–H groups in total. The Morgan fingerprint density at radius 1 is 1.12 bits per heavy atom. The van der Waals surface area contributed by atoms with E-state index in [0.717, 1.165) is 63.0 Å². The standard InChI is InChI=1S/C32H48N4O6/c1-6-7-16-35(17-9-8-14-33(2)3)29(37)21-36-20-25(23-18-27(40-5)31-28(19-23)41-22-42-31)30(32(38)39)26(36)13-12-24-11-10-15-34(24)4/h10-11,15,18-19,25-26,30H,6-9,12-14,16-17,20-22H2,1-5H3,(H,38,39)/t25-,26+,30?/m1/s1. The van der Waals surface area contributed by atoms with E-state index in [1.54, 1.807) is 7.11 Å². The van der Waals surface area contributed by atoms with Crippen LogP contribution in [0.2, 0.25) is 0 Å². The predicted octanol–water partition coefficient (Wildman–Crippen LogP) is 3.83. The van der Waals surface area contributed by atoms with Crippen LogP contribution in [0.3, 0.4) is 0 Å². The van der Waals surface area contributed by atoms with Crippen molar-refractivity contribution >= 4 is 11.9 Å². The van der Waals surface area contributed by atoms with E-state index in [9.17, 15) is 14.7 Å². The number of carboxylic acids is 1. The molecule has 0 aliphatic carbocycles. The van der Waals surface area contributed by atoms with Gasteiger partial charge in [0, 0.05) is 50.5 Å². The Bertz CT molecular complexity index is 1200. The second-order valence-corrected chi connectivity index (χ2v) is 11.8. The third-order valence-electron chi connectivity index (χ3n) is 8.65. The van der Waals surface area contributed by atoms with Crippen molar-refractivity contribution < 1.29 is 28.9 Å². The van der Waals surface area contributed by atoms with Gasteiger partial charge in [0.1, 0.15) is 0 Å². The number of aryl methyl sites for hydroxylation is 2. The number of unbranched alkanes of at least 4 members (excludes halogenated alkanes) is 2. The number of hydrogen-bond acceptors (Lipinski definition) is 7. The number of nitrogens with zero attached hydrogens (tertiary/aromatic N) is 4. The average Bonchev–Trinajstić information content (AvgIpc) is 3.69. The number of fused-ring (bicyclic) bond motifs is 1. The van der Waals surface area contributed by atoms with Crippen molar-refractivity contribution in [3.05, 3.63) is 41.7 Å². The molecule has 1 fully saturated rings. The molecule has 0 bridgehead atoms. The average molecular weight is 585 g/mol. The molecule has 1 aromatic heterocycles. The molecule has 1 aromatic carbocycles. The predicted molar refractivity (Wildman–Crippen MR) is 161 cm³/mol. The maximum atomic E-state index is 13.8. The van der Waals surface area contributed by atoms with Crippen LogP contribution in [-0.4, -0.2) is 103 Å². The zero-order valence-corrected chi connectivity index (χ0v) is 25.9. The van der Waals surface area contributed by atoms with E-state index < -0.39 is 11.9 Å². The number of likely N-dealkylation sites (tertiary alicyclic amines) is 1. The van der Waals surface area contributed by atoms with Gasteiger partial charge in [0.25, 0.3) is 0 Å². The molecule has 10 nitrogen and oxygen atoms in total. The van der Waals surface area contributed by atoms with E-state index in [1.165, 1.54) is 0 Å². The van der Waals surface area contributed by atoms with Gasteiger partial charge in [-0.15, -0.1) is 0 Å². The van der Waals surface area contributed by atoms with Gasteiger partial charge in [-0.2, -0.15) is 0 Å². The third-order valence-corrected chi connectivity index (χ3v) is 8.65. The number of carbonyl (C=O) groups excluding carboxylic acids is 1. The highest BCUT2D eigenvalue weighted by molar-refractivity contribution is 5.79. The number of carbonyl (C=O) groups is 2. The number of aromatic nitrogens is 1. The van der Waals surface area contributed by atoms with Crippen molar-refractivity contribution in [2.24, 2.45) is 13.0 Å². The van der Waals surface area contributed by atoms with Crippen molar-refractivity contribution in [1.82, 2.24) is 19.3 Å². The molecule has 0 saturated carbocycles. The van der Waals surface area contributed by atoms with Gasteiger partial charge in [-0.1, -0.05) is 13.3 Å². The first-order chi connectivity index (χ1) is 20.2. The van der Waals surface area contributed by atoms with Crippen LogP contribution in [0.5, 0.6) is 17.2 Å². The maximum Gasteiger partial charge on any atom is 0.308 e. The fraction of sp³-hybridized carbons (Fsp3) is 0.625. The highest BCUT2D eigenvalue weighted by Crippen LogP contribution is 2.47. The summed E-state index contributed by atoms with van der Waals surface area (Å²) in [6, 6.07) is 7.52. The molecule has 4 rings (SSSR count). The Balaban J connectivity index is 1.59. The Morgan fingerprint density at radius 3 is 2.55 bits per heavy atom. The molecular formula is C32H48N4O6. The zero-order valence-electron chi connectivity index (χ0n) is 25.9. The van der Waals surface area contributed by atoms with Crippen molar-refractivity contribution in [2.45, 2.75) is 57.4 Å². The van der Waals surface area contributed by atoms with Gasteiger partial charge in [-0.25, -0.2) is 0 Å². The fourth-order valence-electron chi connectivity index (χ4n) is 6.32. The number of hydrogen-bond donors (Lipinski definition) is 1. The summed E-state index contributed by atoms with van der Waals surface area (Å²) in [7, 11) is 7.70. The minimum absolute atomic E-state index is 0.0743. The molecule has 3 atom stereocenters. The molecule has 1 saturated heterocycles. The summed E-state index contributed by atoms with van der Waals surface area (Å²) in [6.45, 7) is 5.34. The summed E-state index contributed by atoms with van der Waals surface area (Å²) in [4.78, 5) is 33.0. The van der Waals surface area contributed by atoms with Gasteiger partial charge in [0.05, 0.1) is 19.6 Å². The van der Waals surface area contributed by atoms with Crippen molar-refractivity contribution in [1.29, 1.82) is 0 Å². The van der Waals surface area contributed by atoms with Gasteiger partial charge >= 0.3 is 5.97 Å². The lowest BCUT2D eigenvalue weighted by Gasteiger charge is -2.30. The number of carboxylic acid groups (broad SMARTS) is 1. The molecular weight excluding hydrogens is 536 g/mol. The number of rotatable bonds is 16. The Morgan fingerprint density at radius 2 is 1.88 bits per heavy atom. The minimum atomic E-state index is -0.852.